The third-order valence-corrected chi connectivity index (χ3v) is 11.1. The number of fused-ring (bicyclic) bond motifs is 1. The lowest BCUT2D eigenvalue weighted by Crippen LogP contribution is -2.59. The lowest BCUT2D eigenvalue weighted by Gasteiger charge is -2.53. The fourth-order valence-electron chi connectivity index (χ4n) is 6.11. The Morgan fingerprint density at radius 2 is 1.80 bits per heavy atom. The van der Waals surface area contributed by atoms with E-state index in [4.69, 9.17) is 2.78 Å². The first-order valence-electron chi connectivity index (χ1n) is 14.0. The van der Waals surface area contributed by atoms with E-state index in [1.807, 2.05) is 19.9 Å². The largest absolute Gasteiger partial charge is 0.361 e. The molecule has 0 bridgehead atoms. The van der Waals surface area contributed by atoms with Crippen LogP contribution >= 0.6 is 0 Å². The first-order chi connectivity index (χ1) is 17.4. The van der Waals surface area contributed by atoms with Crippen molar-refractivity contribution in [2.75, 3.05) is 19.3 Å². The van der Waals surface area contributed by atoms with Gasteiger partial charge in [0.25, 0.3) is 0 Å². The van der Waals surface area contributed by atoms with Gasteiger partial charge in [0.05, 0.1) is 13.4 Å². The van der Waals surface area contributed by atoms with Crippen LogP contribution < -0.4 is 0 Å². The summed E-state index contributed by atoms with van der Waals surface area (Å²) in [6.07, 6.45) is 2.96. The minimum Gasteiger partial charge on any atom is -0.361 e. The average Bonchev–Trinajstić information content (AvgIpc) is 3.29. The molecule has 1 fully saturated rings. The van der Waals surface area contributed by atoms with Crippen molar-refractivity contribution in [3.63, 3.8) is 0 Å². The van der Waals surface area contributed by atoms with Crippen LogP contribution in [-0.2, 0) is 21.7 Å². The SMILES string of the molecule is [2H]c1c(CCS(=O)(=O)c2ccc(C)c(C)c2)c(C)c([2H])c2c1c(C(C)(C)[C@]1(C)N(C)CCC1(C)C)cn2[2H]. The van der Waals surface area contributed by atoms with Gasteiger partial charge in [0.2, 0.25) is 0 Å². The van der Waals surface area contributed by atoms with Crippen molar-refractivity contribution in [3.8, 4) is 0 Å². The molecule has 0 saturated carbocycles. The standard InChI is InChI=1S/C30H42N2O2S/c1-20-10-11-24(16-21(20)2)35(33,34)15-12-23-18-25-26(19-31-27(25)17-22(23)3)29(6,7)30(8)28(4,5)13-14-32(30)9/h10-11,16-19,31H,12-15H2,1-9H3/t30-/m1/s1/i17D,18D/hD. The fraction of sp³-hybridized carbons (Fsp3) is 0.533. The Hall–Kier alpha value is -2.11. The Morgan fingerprint density at radius 3 is 2.40 bits per heavy atom. The van der Waals surface area contributed by atoms with Gasteiger partial charge in [-0.1, -0.05) is 33.8 Å². The van der Waals surface area contributed by atoms with E-state index in [0.717, 1.165) is 29.7 Å². The molecule has 0 spiro atoms. The average molecular weight is 498 g/mol. The molecule has 0 amide bonds. The van der Waals surface area contributed by atoms with E-state index in [1.165, 1.54) is 4.98 Å². The topological polar surface area (TPSA) is 53.2 Å². The van der Waals surface area contributed by atoms with E-state index in [-0.39, 0.29) is 40.1 Å². The van der Waals surface area contributed by atoms with E-state index in [1.54, 1.807) is 25.3 Å². The summed E-state index contributed by atoms with van der Waals surface area (Å²) in [7, 11) is -1.43. The molecule has 2 heterocycles. The first-order valence-corrected chi connectivity index (χ1v) is 14.2. The number of benzene rings is 2. The Balaban J connectivity index is 1.86. The molecule has 1 N–H and O–H groups in total. The van der Waals surface area contributed by atoms with Gasteiger partial charge in [-0.25, -0.2) is 8.42 Å². The predicted octanol–water partition coefficient (Wildman–Crippen LogP) is 6.51. The quantitative estimate of drug-likeness (QED) is 0.422. The second-order valence-electron chi connectivity index (χ2n) is 11.8. The lowest BCUT2D eigenvalue weighted by molar-refractivity contribution is 0.0234. The number of aromatic nitrogens is 1. The molecule has 2 aromatic carbocycles. The zero-order valence-corrected chi connectivity index (χ0v) is 23.6. The molecule has 190 valence electrons. The number of hydrogen-bond acceptors (Lipinski definition) is 3. The summed E-state index contributed by atoms with van der Waals surface area (Å²) in [6, 6.07) is 5.60. The molecule has 0 unspecified atom stereocenters. The van der Waals surface area contributed by atoms with Crippen LogP contribution in [-0.4, -0.2) is 43.2 Å². The summed E-state index contributed by atoms with van der Waals surface area (Å²) in [5.41, 5.74) is 3.66. The summed E-state index contributed by atoms with van der Waals surface area (Å²) in [4.78, 5) is 3.91. The molecule has 1 aliphatic rings. The van der Waals surface area contributed by atoms with Crippen LogP contribution in [0.4, 0.5) is 0 Å². The predicted molar refractivity (Wildman–Crippen MR) is 147 cm³/mol. The molecule has 1 atom stereocenters. The van der Waals surface area contributed by atoms with Crippen molar-refractivity contribution < 1.29 is 12.6 Å². The van der Waals surface area contributed by atoms with Crippen molar-refractivity contribution in [1.29, 1.82) is 0 Å². The Kier molecular flexibility index (Phi) is 5.36. The number of aryl methyl sites for hydroxylation is 2. The van der Waals surface area contributed by atoms with Gasteiger partial charge in [0, 0.05) is 28.1 Å². The van der Waals surface area contributed by atoms with Crippen LogP contribution in [0.1, 0.15) is 71.6 Å². The van der Waals surface area contributed by atoms with Gasteiger partial charge in [-0.2, -0.15) is 0 Å². The highest BCUT2D eigenvalue weighted by molar-refractivity contribution is 7.91. The summed E-state index contributed by atoms with van der Waals surface area (Å²) in [5, 5.41) is 0.594. The Morgan fingerprint density at radius 1 is 1.11 bits per heavy atom. The van der Waals surface area contributed by atoms with Gasteiger partial charge in [-0.3, -0.25) is 4.90 Å². The van der Waals surface area contributed by atoms with Crippen molar-refractivity contribution >= 4 is 20.7 Å². The molecule has 0 aliphatic carbocycles. The van der Waals surface area contributed by atoms with Crippen molar-refractivity contribution in [2.45, 2.75) is 84.1 Å². The number of nitrogens with zero attached hydrogens (tertiary/aromatic N) is 1. The van der Waals surface area contributed by atoms with Gasteiger partial charge in [0.1, 0.15) is 0 Å². The Labute approximate surface area is 216 Å². The second-order valence-corrected chi connectivity index (χ2v) is 13.9. The maximum Gasteiger partial charge on any atom is 0.178 e. The maximum atomic E-state index is 13.2. The molecule has 1 saturated heterocycles. The number of nitrogens with one attached hydrogen (secondary N) is 1. The minimum absolute atomic E-state index is 0.0124. The molecule has 4 nitrogen and oxygen atoms in total. The van der Waals surface area contributed by atoms with Crippen LogP contribution in [0, 0.1) is 26.2 Å². The number of H-pyrrole nitrogens is 1. The summed E-state index contributed by atoms with van der Waals surface area (Å²) in [5.74, 6) is -0.138. The number of hydrogen-bond donors (Lipinski definition) is 1. The zero-order chi connectivity index (χ0) is 28.6. The van der Waals surface area contributed by atoms with E-state index >= 15 is 0 Å². The van der Waals surface area contributed by atoms with E-state index in [0.29, 0.717) is 22.0 Å². The molecular formula is C30H42N2O2S. The van der Waals surface area contributed by atoms with Gasteiger partial charge >= 0.3 is 0 Å². The molecular weight excluding hydrogens is 452 g/mol. The van der Waals surface area contributed by atoms with Crippen LogP contribution in [0.25, 0.3) is 10.9 Å². The third kappa shape index (κ3) is 4.05. The molecule has 1 aliphatic heterocycles. The lowest BCUT2D eigenvalue weighted by atomic mass is 9.57. The number of likely N-dealkylation sites (tertiary alicyclic amines) is 1. The second kappa shape index (κ2) is 8.48. The maximum absolute atomic E-state index is 13.2. The number of sulfone groups is 1. The highest BCUT2D eigenvalue weighted by Crippen LogP contribution is 2.55. The zero-order valence-electron chi connectivity index (χ0n) is 25.8. The number of aromatic amines is 1. The van der Waals surface area contributed by atoms with Gasteiger partial charge in [-0.05, 0) is 112 Å². The van der Waals surface area contributed by atoms with Crippen LogP contribution in [0.5, 0.6) is 0 Å². The minimum atomic E-state index is -3.57. The third-order valence-electron chi connectivity index (χ3n) is 9.37. The highest BCUT2D eigenvalue weighted by atomic mass is 32.2. The van der Waals surface area contributed by atoms with E-state index in [9.17, 15) is 9.79 Å². The van der Waals surface area contributed by atoms with E-state index in [2.05, 4.69) is 46.6 Å². The van der Waals surface area contributed by atoms with Crippen molar-refractivity contribution in [1.82, 2.24) is 9.88 Å². The monoisotopic (exact) mass is 497 g/mol. The summed E-state index contributed by atoms with van der Waals surface area (Å²) < 4.78 is 53.4. The van der Waals surface area contributed by atoms with E-state index < -0.39 is 15.3 Å². The fourth-order valence-corrected chi connectivity index (χ4v) is 7.45. The van der Waals surface area contributed by atoms with Gasteiger partial charge in [-0.15, -0.1) is 0 Å². The molecule has 35 heavy (non-hydrogen) atoms. The van der Waals surface area contributed by atoms with Crippen LogP contribution in [0.3, 0.4) is 0 Å². The number of likely N-dealkylation sites (N-methyl/N-ethyl adjacent to an activating group) is 1. The molecule has 1 aromatic heterocycles. The van der Waals surface area contributed by atoms with Gasteiger partial charge in [0.15, 0.2) is 11.2 Å². The smallest absolute Gasteiger partial charge is 0.178 e. The summed E-state index contributed by atoms with van der Waals surface area (Å²) >= 11 is 0. The molecule has 0 radical (unpaired) electrons. The normalized spacial score (nSPS) is 22.4. The van der Waals surface area contributed by atoms with Crippen molar-refractivity contribution in [3.05, 3.63) is 64.3 Å². The number of rotatable bonds is 6. The Bertz CT molecular complexity index is 1540. The molecule has 4 rings (SSSR count). The highest BCUT2D eigenvalue weighted by Gasteiger charge is 2.58. The summed E-state index contributed by atoms with van der Waals surface area (Å²) in [6.45, 7) is 17.8. The van der Waals surface area contributed by atoms with Gasteiger partial charge < -0.3 is 4.98 Å². The van der Waals surface area contributed by atoms with Crippen LogP contribution in [0.2, 0.25) is 1.41 Å². The molecule has 5 heteroatoms. The first kappa shape index (κ1) is 22.1. The van der Waals surface area contributed by atoms with Crippen LogP contribution in [0.15, 0.2) is 41.4 Å². The molecule has 3 aromatic rings. The van der Waals surface area contributed by atoms with Crippen molar-refractivity contribution in [2.24, 2.45) is 5.41 Å².